The van der Waals surface area contributed by atoms with Crippen molar-refractivity contribution in [3.8, 4) is 17.2 Å². The minimum Gasteiger partial charge on any atom is -0.497 e. The Morgan fingerprint density at radius 2 is 1.85 bits per heavy atom. The van der Waals surface area contributed by atoms with Crippen LogP contribution in [0, 0.1) is 19.7 Å². The van der Waals surface area contributed by atoms with Gasteiger partial charge in [-0.3, -0.25) is 14.2 Å². The molecular formula is C28H27ClFN5O4S. The smallest absolute Gasteiger partial charge is 0.256 e. The van der Waals surface area contributed by atoms with Crippen molar-refractivity contribution in [1.82, 2.24) is 20.1 Å². The van der Waals surface area contributed by atoms with Crippen LogP contribution in [0.1, 0.15) is 27.3 Å². The Balaban J connectivity index is 1.62. The molecule has 0 unspecified atom stereocenters. The number of rotatable bonds is 10. The van der Waals surface area contributed by atoms with Crippen LogP contribution in [-0.2, 0) is 11.3 Å². The molecule has 1 heterocycles. The summed E-state index contributed by atoms with van der Waals surface area (Å²) in [6, 6.07) is 15.0. The summed E-state index contributed by atoms with van der Waals surface area (Å²) in [5.74, 6) is -0.313. The number of carbonyl (C=O) groups is 2. The van der Waals surface area contributed by atoms with E-state index in [4.69, 9.17) is 21.1 Å². The minimum atomic E-state index is -0.743. The van der Waals surface area contributed by atoms with Gasteiger partial charge in [-0.05, 0) is 55.3 Å². The van der Waals surface area contributed by atoms with Gasteiger partial charge in [0.15, 0.2) is 11.0 Å². The first kappa shape index (κ1) is 28.9. The van der Waals surface area contributed by atoms with Gasteiger partial charge in [-0.1, -0.05) is 41.6 Å². The fourth-order valence-electron chi connectivity index (χ4n) is 3.87. The summed E-state index contributed by atoms with van der Waals surface area (Å²) in [5.41, 5.74) is 2.96. The molecular weight excluding hydrogens is 557 g/mol. The maximum Gasteiger partial charge on any atom is 0.256 e. The van der Waals surface area contributed by atoms with Crippen molar-refractivity contribution >= 4 is 40.9 Å². The van der Waals surface area contributed by atoms with Crippen LogP contribution in [0.15, 0.2) is 59.8 Å². The van der Waals surface area contributed by atoms with Gasteiger partial charge in [0.05, 0.1) is 42.8 Å². The number of ether oxygens (including phenoxy) is 2. The molecule has 0 saturated carbocycles. The van der Waals surface area contributed by atoms with Gasteiger partial charge < -0.3 is 20.1 Å². The highest BCUT2D eigenvalue weighted by Gasteiger charge is 2.22. The number of nitrogens with one attached hydrogen (secondary N) is 2. The quantitative estimate of drug-likeness (QED) is 0.242. The Hall–Kier alpha value is -4.09. The minimum absolute atomic E-state index is 0.0143. The maximum absolute atomic E-state index is 14.3. The summed E-state index contributed by atoms with van der Waals surface area (Å²) >= 11 is 7.21. The number of hydrogen-bond acceptors (Lipinski definition) is 7. The van der Waals surface area contributed by atoms with Crippen molar-refractivity contribution in [2.75, 3.05) is 25.3 Å². The standard InChI is InChI=1S/C28H27ClFN5O4S/c1-16-8-9-17(2)21(12-16)32-25(36)15-40-28-34-33-24(14-31-27(37)26-19(29)6-5-7-20(26)30)35(28)22-13-18(38-3)10-11-23(22)39-4/h5-13H,14-15H2,1-4H3,(H,31,37)(H,32,36). The van der Waals surface area contributed by atoms with Crippen LogP contribution in [0.5, 0.6) is 11.5 Å². The predicted molar refractivity (Wildman–Crippen MR) is 152 cm³/mol. The lowest BCUT2D eigenvalue weighted by atomic mass is 10.1. The van der Waals surface area contributed by atoms with Crippen molar-refractivity contribution in [3.63, 3.8) is 0 Å². The lowest BCUT2D eigenvalue weighted by Gasteiger charge is -2.16. The van der Waals surface area contributed by atoms with Crippen LogP contribution in [0.3, 0.4) is 0 Å². The van der Waals surface area contributed by atoms with Crippen LogP contribution in [-0.4, -0.2) is 46.6 Å². The number of methoxy groups -OCH3 is 2. The van der Waals surface area contributed by atoms with E-state index in [1.807, 2.05) is 32.0 Å². The molecule has 2 amide bonds. The fraction of sp³-hybridized carbons (Fsp3) is 0.214. The zero-order chi connectivity index (χ0) is 28.8. The molecule has 0 bridgehead atoms. The molecule has 1 aromatic heterocycles. The molecule has 0 spiro atoms. The molecule has 0 saturated heterocycles. The third-order valence-electron chi connectivity index (χ3n) is 5.92. The van der Waals surface area contributed by atoms with E-state index in [2.05, 4.69) is 20.8 Å². The molecule has 0 atom stereocenters. The summed E-state index contributed by atoms with van der Waals surface area (Å²) < 4.78 is 26.9. The van der Waals surface area contributed by atoms with Crippen molar-refractivity contribution in [2.45, 2.75) is 25.5 Å². The number of carbonyl (C=O) groups excluding carboxylic acids is 2. The number of halogens is 2. The highest BCUT2D eigenvalue weighted by molar-refractivity contribution is 7.99. The summed E-state index contributed by atoms with van der Waals surface area (Å²) in [7, 11) is 3.05. The van der Waals surface area contributed by atoms with Crippen molar-refractivity contribution in [1.29, 1.82) is 0 Å². The SMILES string of the molecule is COc1ccc(OC)c(-n2c(CNC(=O)c3c(F)cccc3Cl)nnc2SCC(=O)Nc2cc(C)ccc2C)c1. The molecule has 0 radical (unpaired) electrons. The van der Waals surface area contributed by atoms with Crippen LogP contribution in [0.4, 0.5) is 10.1 Å². The average molecular weight is 584 g/mol. The Labute approximate surface area is 240 Å². The van der Waals surface area contributed by atoms with E-state index in [1.165, 1.54) is 26.4 Å². The second-order valence-electron chi connectivity index (χ2n) is 8.71. The second kappa shape index (κ2) is 12.8. The normalized spacial score (nSPS) is 10.8. The third-order valence-corrected chi connectivity index (χ3v) is 7.17. The first-order valence-corrected chi connectivity index (χ1v) is 13.5. The predicted octanol–water partition coefficient (Wildman–Crippen LogP) is 5.35. The van der Waals surface area contributed by atoms with Gasteiger partial charge in [0, 0.05) is 11.8 Å². The van der Waals surface area contributed by atoms with Crippen LogP contribution < -0.4 is 20.1 Å². The Morgan fingerprint density at radius 3 is 2.58 bits per heavy atom. The molecule has 208 valence electrons. The number of aromatic nitrogens is 3. The van der Waals surface area contributed by atoms with Gasteiger partial charge in [0.25, 0.3) is 5.91 Å². The first-order valence-electron chi connectivity index (χ1n) is 12.1. The zero-order valence-electron chi connectivity index (χ0n) is 22.2. The van der Waals surface area contributed by atoms with Gasteiger partial charge in [-0.25, -0.2) is 4.39 Å². The Morgan fingerprint density at radius 1 is 1.05 bits per heavy atom. The lowest BCUT2D eigenvalue weighted by Crippen LogP contribution is -2.26. The number of thioether (sulfide) groups is 1. The van der Waals surface area contributed by atoms with E-state index in [9.17, 15) is 14.0 Å². The van der Waals surface area contributed by atoms with E-state index in [-0.39, 0.29) is 28.8 Å². The summed E-state index contributed by atoms with van der Waals surface area (Å²) in [6.45, 7) is 3.75. The van der Waals surface area contributed by atoms with Gasteiger partial charge >= 0.3 is 0 Å². The average Bonchev–Trinajstić information content (AvgIpc) is 3.34. The van der Waals surface area contributed by atoms with E-state index in [0.29, 0.717) is 28.2 Å². The molecule has 9 nitrogen and oxygen atoms in total. The molecule has 0 fully saturated rings. The molecule has 12 heteroatoms. The van der Waals surface area contributed by atoms with E-state index < -0.39 is 11.7 Å². The van der Waals surface area contributed by atoms with Crippen LogP contribution >= 0.6 is 23.4 Å². The monoisotopic (exact) mass is 583 g/mol. The number of nitrogens with zero attached hydrogens (tertiary/aromatic N) is 3. The highest BCUT2D eigenvalue weighted by Crippen LogP contribution is 2.32. The first-order chi connectivity index (χ1) is 19.2. The van der Waals surface area contributed by atoms with Crippen molar-refractivity contribution in [2.24, 2.45) is 0 Å². The van der Waals surface area contributed by atoms with Crippen LogP contribution in [0.25, 0.3) is 5.69 Å². The molecule has 0 aliphatic heterocycles. The Bertz CT molecular complexity index is 1540. The summed E-state index contributed by atoms with van der Waals surface area (Å²) in [4.78, 5) is 25.6. The van der Waals surface area contributed by atoms with E-state index in [0.717, 1.165) is 34.6 Å². The van der Waals surface area contributed by atoms with Crippen LogP contribution in [0.2, 0.25) is 5.02 Å². The third kappa shape index (κ3) is 6.54. The molecule has 4 rings (SSSR count). The Kier molecular flexibility index (Phi) is 9.28. The number of hydrogen-bond donors (Lipinski definition) is 2. The number of anilines is 1. The zero-order valence-corrected chi connectivity index (χ0v) is 23.8. The number of aryl methyl sites for hydroxylation is 2. The molecule has 0 aliphatic carbocycles. The number of benzene rings is 3. The van der Waals surface area contributed by atoms with Gasteiger partial charge in [-0.15, -0.1) is 10.2 Å². The van der Waals surface area contributed by atoms with Gasteiger partial charge in [-0.2, -0.15) is 0 Å². The summed E-state index contributed by atoms with van der Waals surface area (Å²) in [6.07, 6.45) is 0. The molecule has 2 N–H and O–H groups in total. The molecule has 0 aliphatic rings. The van der Waals surface area contributed by atoms with Crippen molar-refractivity contribution in [3.05, 3.63) is 88.0 Å². The summed E-state index contributed by atoms with van der Waals surface area (Å²) in [5, 5.41) is 14.4. The van der Waals surface area contributed by atoms with Crippen molar-refractivity contribution < 1.29 is 23.5 Å². The molecule has 4 aromatic rings. The lowest BCUT2D eigenvalue weighted by molar-refractivity contribution is -0.113. The highest BCUT2D eigenvalue weighted by atomic mass is 35.5. The van der Waals surface area contributed by atoms with E-state index >= 15 is 0 Å². The number of amides is 2. The van der Waals surface area contributed by atoms with E-state index in [1.54, 1.807) is 22.8 Å². The maximum atomic E-state index is 14.3. The van der Waals surface area contributed by atoms with Gasteiger partial charge in [0.2, 0.25) is 5.91 Å². The fourth-order valence-corrected chi connectivity index (χ4v) is 4.88. The largest absolute Gasteiger partial charge is 0.497 e. The molecule has 3 aromatic carbocycles. The topological polar surface area (TPSA) is 107 Å². The second-order valence-corrected chi connectivity index (χ2v) is 10.1. The molecule has 40 heavy (non-hydrogen) atoms. The van der Waals surface area contributed by atoms with Gasteiger partial charge in [0.1, 0.15) is 17.3 Å².